The van der Waals surface area contributed by atoms with Gasteiger partial charge in [-0.2, -0.15) is 0 Å². The summed E-state index contributed by atoms with van der Waals surface area (Å²) < 4.78 is 4.59. The van der Waals surface area contributed by atoms with Gasteiger partial charge in [-0.15, -0.1) is 0 Å². The first-order valence-corrected chi connectivity index (χ1v) is 5.66. The Kier molecular flexibility index (Phi) is 2.17. The van der Waals surface area contributed by atoms with Crippen LogP contribution in [0, 0.1) is 5.92 Å². The standard InChI is InChI=1S/C11H12N2O4/c14-10(8-4-9(11(15)16)17-12-8)13-5-6-1-2-7(13)3-6/h4,6-7H,1-3,5H2,(H,15,16). The smallest absolute Gasteiger partial charge is 0.374 e. The van der Waals surface area contributed by atoms with Gasteiger partial charge in [0.05, 0.1) is 0 Å². The zero-order valence-corrected chi connectivity index (χ0v) is 9.13. The van der Waals surface area contributed by atoms with E-state index in [1.54, 1.807) is 4.90 Å². The Balaban J connectivity index is 1.79. The van der Waals surface area contributed by atoms with Crippen molar-refractivity contribution in [1.29, 1.82) is 0 Å². The second kappa shape index (κ2) is 3.58. The molecule has 1 saturated heterocycles. The van der Waals surface area contributed by atoms with E-state index >= 15 is 0 Å². The third-order valence-corrected chi connectivity index (χ3v) is 3.61. The van der Waals surface area contributed by atoms with Crippen molar-refractivity contribution in [2.24, 2.45) is 5.92 Å². The van der Waals surface area contributed by atoms with Crippen molar-refractivity contribution in [3.8, 4) is 0 Å². The second-order valence-corrected chi connectivity index (χ2v) is 4.67. The summed E-state index contributed by atoms with van der Waals surface area (Å²) in [6, 6.07) is 1.49. The molecule has 2 heterocycles. The van der Waals surface area contributed by atoms with Crippen LogP contribution in [-0.2, 0) is 0 Å². The number of hydrogen-bond donors (Lipinski definition) is 1. The van der Waals surface area contributed by atoms with Crippen LogP contribution in [0.3, 0.4) is 0 Å². The van der Waals surface area contributed by atoms with Crippen molar-refractivity contribution in [3.63, 3.8) is 0 Å². The molecule has 2 atom stereocenters. The lowest BCUT2D eigenvalue weighted by atomic mass is 10.1. The highest BCUT2D eigenvalue weighted by atomic mass is 16.5. The van der Waals surface area contributed by atoms with Crippen molar-refractivity contribution in [2.75, 3.05) is 6.54 Å². The van der Waals surface area contributed by atoms with Gasteiger partial charge in [0.15, 0.2) is 5.69 Å². The number of carboxylic acids is 1. The monoisotopic (exact) mass is 236 g/mol. The molecule has 0 radical (unpaired) electrons. The molecule has 0 aromatic carbocycles. The fourth-order valence-corrected chi connectivity index (χ4v) is 2.80. The van der Waals surface area contributed by atoms with Crippen LogP contribution in [0.4, 0.5) is 0 Å². The summed E-state index contributed by atoms with van der Waals surface area (Å²) >= 11 is 0. The number of carboxylic acid groups (broad SMARTS) is 1. The molecule has 3 rings (SSSR count). The van der Waals surface area contributed by atoms with Gasteiger partial charge in [-0.25, -0.2) is 4.79 Å². The van der Waals surface area contributed by atoms with E-state index in [4.69, 9.17) is 5.11 Å². The van der Waals surface area contributed by atoms with E-state index in [-0.39, 0.29) is 17.4 Å². The minimum absolute atomic E-state index is 0.0925. The van der Waals surface area contributed by atoms with Crippen LogP contribution < -0.4 is 0 Å². The summed E-state index contributed by atoms with van der Waals surface area (Å²) in [5.74, 6) is -1.11. The lowest BCUT2D eigenvalue weighted by molar-refractivity contribution is 0.0644. The van der Waals surface area contributed by atoms with E-state index in [1.165, 1.54) is 12.5 Å². The summed E-state index contributed by atoms with van der Waals surface area (Å²) in [5, 5.41) is 12.2. The molecule has 2 unspecified atom stereocenters. The minimum Gasteiger partial charge on any atom is -0.475 e. The highest BCUT2D eigenvalue weighted by Gasteiger charge is 2.41. The Morgan fingerprint density at radius 3 is 2.82 bits per heavy atom. The molecule has 2 aliphatic rings. The van der Waals surface area contributed by atoms with Crippen LogP contribution in [0.1, 0.15) is 40.3 Å². The maximum Gasteiger partial charge on any atom is 0.374 e. The third kappa shape index (κ3) is 1.60. The molecule has 6 nitrogen and oxygen atoms in total. The SMILES string of the molecule is O=C(O)c1cc(C(=O)N2CC3CCC2C3)no1. The van der Waals surface area contributed by atoms with Crippen LogP contribution >= 0.6 is 0 Å². The number of fused-ring (bicyclic) bond motifs is 2. The Bertz CT molecular complexity index is 482. The number of rotatable bonds is 2. The number of aromatic carboxylic acids is 1. The zero-order chi connectivity index (χ0) is 12.0. The molecule has 1 saturated carbocycles. The number of carbonyl (C=O) groups excluding carboxylic acids is 1. The molecule has 90 valence electrons. The molecule has 1 aliphatic carbocycles. The van der Waals surface area contributed by atoms with Gasteiger partial charge in [0.25, 0.3) is 5.91 Å². The Hall–Kier alpha value is -1.85. The third-order valence-electron chi connectivity index (χ3n) is 3.61. The molecule has 2 fully saturated rings. The van der Waals surface area contributed by atoms with E-state index in [0.29, 0.717) is 12.0 Å². The first kappa shape index (κ1) is 10.3. The molecular formula is C11H12N2O4. The number of amides is 1. The zero-order valence-electron chi connectivity index (χ0n) is 9.13. The molecule has 1 aliphatic heterocycles. The van der Waals surface area contributed by atoms with Gasteiger partial charge >= 0.3 is 5.97 Å². The number of aromatic nitrogens is 1. The molecule has 1 N–H and O–H groups in total. The molecule has 1 amide bonds. The first-order valence-electron chi connectivity index (χ1n) is 5.66. The molecular weight excluding hydrogens is 224 g/mol. The number of carbonyl (C=O) groups is 2. The Labute approximate surface area is 97.2 Å². The van der Waals surface area contributed by atoms with Gasteiger partial charge in [-0.1, -0.05) is 5.16 Å². The van der Waals surface area contributed by atoms with Crippen LogP contribution in [0.15, 0.2) is 10.6 Å². The number of nitrogens with zero attached hydrogens (tertiary/aromatic N) is 2. The summed E-state index contributed by atoms with van der Waals surface area (Å²) in [6.45, 7) is 0.763. The molecule has 0 spiro atoms. The van der Waals surface area contributed by atoms with E-state index < -0.39 is 5.97 Å². The van der Waals surface area contributed by atoms with Crippen LogP contribution in [0.5, 0.6) is 0 Å². The molecule has 1 aromatic heterocycles. The lowest BCUT2D eigenvalue weighted by Gasteiger charge is -2.25. The van der Waals surface area contributed by atoms with Gasteiger partial charge in [0.2, 0.25) is 5.76 Å². The summed E-state index contributed by atoms with van der Waals surface area (Å²) in [4.78, 5) is 24.5. The average molecular weight is 236 g/mol. The largest absolute Gasteiger partial charge is 0.475 e. The Morgan fingerprint density at radius 1 is 1.47 bits per heavy atom. The normalized spacial score (nSPS) is 26.5. The van der Waals surface area contributed by atoms with Crippen LogP contribution in [0.2, 0.25) is 0 Å². The highest BCUT2D eigenvalue weighted by molar-refractivity contribution is 5.95. The van der Waals surface area contributed by atoms with Crippen LogP contribution in [-0.4, -0.2) is 39.6 Å². The number of hydrogen-bond acceptors (Lipinski definition) is 4. The van der Waals surface area contributed by atoms with Gasteiger partial charge in [-0.05, 0) is 25.2 Å². The molecule has 17 heavy (non-hydrogen) atoms. The molecule has 6 heteroatoms. The summed E-state index contributed by atoms with van der Waals surface area (Å²) in [6.07, 6.45) is 3.29. The van der Waals surface area contributed by atoms with Crippen molar-refractivity contribution >= 4 is 11.9 Å². The summed E-state index contributed by atoms with van der Waals surface area (Å²) in [7, 11) is 0. The van der Waals surface area contributed by atoms with Gasteiger partial charge in [0.1, 0.15) is 0 Å². The van der Waals surface area contributed by atoms with E-state index in [2.05, 4.69) is 9.68 Å². The van der Waals surface area contributed by atoms with Gasteiger partial charge in [0, 0.05) is 18.7 Å². The maximum absolute atomic E-state index is 12.1. The molecule has 1 aromatic rings. The van der Waals surface area contributed by atoms with Crippen molar-refractivity contribution in [1.82, 2.24) is 10.1 Å². The van der Waals surface area contributed by atoms with Gasteiger partial charge in [-0.3, -0.25) is 4.79 Å². The Morgan fingerprint density at radius 2 is 2.29 bits per heavy atom. The second-order valence-electron chi connectivity index (χ2n) is 4.67. The average Bonchev–Trinajstić information content (AvgIpc) is 3.03. The fraction of sp³-hybridized carbons (Fsp3) is 0.545. The van der Waals surface area contributed by atoms with E-state index in [0.717, 1.165) is 19.4 Å². The number of likely N-dealkylation sites (tertiary alicyclic amines) is 1. The predicted octanol–water partition coefficient (Wildman–Crippen LogP) is 0.997. The van der Waals surface area contributed by atoms with E-state index in [1.807, 2.05) is 0 Å². The molecule has 2 bridgehead atoms. The van der Waals surface area contributed by atoms with E-state index in [9.17, 15) is 9.59 Å². The first-order chi connectivity index (χ1) is 8.15. The van der Waals surface area contributed by atoms with Crippen molar-refractivity contribution in [3.05, 3.63) is 17.5 Å². The predicted molar refractivity (Wildman–Crippen MR) is 55.6 cm³/mol. The minimum atomic E-state index is -1.21. The number of piperidine rings is 1. The highest BCUT2D eigenvalue weighted by Crippen LogP contribution is 2.37. The van der Waals surface area contributed by atoms with Crippen molar-refractivity contribution in [2.45, 2.75) is 25.3 Å². The topological polar surface area (TPSA) is 83.6 Å². The summed E-state index contributed by atoms with van der Waals surface area (Å²) in [5.41, 5.74) is 0.0925. The van der Waals surface area contributed by atoms with Gasteiger partial charge < -0.3 is 14.5 Å². The van der Waals surface area contributed by atoms with Crippen molar-refractivity contribution < 1.29 is 19.2 Å². The maximum atomic E-state index is 12.1. The fourth-order valence-electron chi connectivity index (χ4n) is 2.80. The lowest BCUT2D eigenvalue weighted by Crippen LogP contribution is -2.37. The quantitative estimate of drug-likeness (QED) is 0.828. The van der Waals surface area contributed by atoms with Crippen LogP contribution in [0.25, 0.3) is 0 Å².